The van der Waals surface area contributed by atoms with Gasteiger partial charge in [0.25, 0.3) is 0 Å². The zero-order valence-electron chi connectivity index (χ0n) is 8.94. The number of rotatable bonds is 2. The molecule has 2 rings (SSSR count). The van der Waals surface area contributed by atoms with Crippen molar-refractivity contribution >= 4 is 11.6 Å². The lowest BCUT2D eigenvalue weighted by atomic mass is 10.0. The molecule has 0 amide bonds. The fraction of sp³-hybridized carbons (Fsp3) is 0.154. The van der Waals surface area contributed by atoms with Gasteiger partial charge in [-0.15, -0.1) is 0 Å². The fourth-order valence-electron chi connectivity index (χ4n) is 1.69. The van der Waals surface area contributed by atoms with E-state index in [9.17, 15) is 5.11 Å². The van der Waals surface area contributed by atoms with Crippen molar-refractivity contribution in [3.05, 3.63) is 52.7 Å². The van der Waals surface area contributed by atoms with Crippen molar-refractivity contribution in [3.8, 4) is 11.3 Å². The lowest BCUT2D eigenvalue weighted by Gasteiger charge is -2.09. The van der Waals surface area contributed by atoms with E-state index in [0.717, 1.165) is 22.4 Å². The highest BCUT2D eigenvalue weighted by atomic mass is 35.5. The molecule has 0 saturated carbocycles. The molecule has 1 heterocycles. The molecular formula is C13H12ClNO. The summed E-state index contributed by atoms with van der Waals surface area (Å²) < 4.78 is 0. The molecule has 1 aromatic carbocycles. The van der Waals surface area contributed by atoms with E-state index in [0.29, 0.717) is 5.15 Å². The Morgan fingerprint density at radius 1 is 1.19 bits per heavy atom. The topological polar surface area (TPSA) is 33.1 Å². The Morgan fingerprint density at radius 3 is 2.62 bits per heavy atom. The van der Waals surface area contributed by atoms with Gasteiger partial charge in [0, 0.05) is 5.56 Å². The number of aliphatic hydroxyl groups is 1. The van der Waals surface area contributed by atoms with Crippen LogP contribution in [0.4, 0.5) is 0 Å². The average molecular weight is 234 g/mol. The van der Waals surface area contributed by atoms with E-state index >= 15 is 0 Å². The zero-order chi connectivity index (χ0) is 11.5. The lowest BCUT2D eigenvalue weighted by molar-refractivity contribution is 0.281. The van der Waals surface area contributed by atoms with Crippen LogP contribution in [0.5, 0.6) is 0 Å². The van der Waals surface area contributed by atoms with Crippen LogP contribution < -0.4 is 0 Å². The highest BCUT2D eigenvalue weighted by Crippen LogP contribution is 2.25. The van der Waals surface area contributed by atoms with Crippen LogP contribution in [0.1, 0.15) is 11.1 Å². The normalized spacial score (nSPS) is 10.4. The summed E-state index contributed by atoms with van der Waals surface area (Å²) in [7, 11) is 0. The maximum atomic E-state index is 9.20. The zero-order valence-corrected chi connectivity index (χ0v) is 9.70. The largest absolute Gasteiger partial charge is 0.392 e. The fourth-order valence-corrected chi connectivity index (χ4v) is 1.85. The molecule has 0 fully saturated rings. The van der Waals surface area contributed by atoms with Crippen molar-refractivity contribution < 1.29 is 5.11 Å². The predicted molar refractivity (Wildman–Crippen MR) is 65.3 cm³/mol. The van der Waals surface area contributed by atoms with E-state index in [2.05, 4.69) is 4.98 Å². The minimum atomic E-state index is 0.0419. The second-order valence-corrected chi connectivity index (χ2v) is 3.98. The number of aliphatic hydroxyl groups excluding tert-OH is 1. The lowest BCUT2D eigenvalue weighted by Crippen LogP contribution is -1.93. The molecule has 1 N–H and O–H groups in total. The summed E-state index contributed by atoms with van der Waals surface area (Å²) in [6.45, 7) is 2.02. The van der Waals surface area contributed by atoms with Crippen LogP contribution in [0.3, 0.4) is 0 Å². The Hall–Kier alpha value is -1.38. The smallest absolute Gasteiger partial charge is 0.129 e. The standard InChI is InChI=1S/C13H12ClNO/c1-9-10(8-16)4-2-5-11(9)12-6-3-7-13(14)15-12/h2-7,16H,8H2,1H3. The number of nitrogens with zero attached hydrogens (tertiary/aromatic N) is 1. The summed E-state index contributed by atoms with van der Waals surface area (Å²) >= 11 is 5.86. The van der Waals surface area contributed by atoms with E-state index in [4.69, 9.17) is 11.6 Å². The van der Waals surface area contributed by atoms with Crippen molar-refractivity contribution in [2.75, 3.05) is 0 Å². The molecule has 3 heteroatoms. The Labute approximate surface area is 99.5 Å². The Morgan fingerprint density at radius 2 is 1.94 bits per heavy atom. The van der Waals surface area contributed by atoms with Crippen LogP contribution in [-0.4, -0.2) is 10.1 Å². The molecule has 16 heavy (non-hydrogen) atoms. The quantitative estimate of drug-likeness (QED) is 0.808. The molecule has 2 aromatic rings. The van der Waals surface area contributed by atoms with Gasteiger partial charge in [-0.3, -0.25) is 0 Å². The van der Waals surface area contributed by atoms with Gasteiger partial charge in [0.1, 0.15) is 5.15 Å². The summed E-state index contributed by atoms with van der Waals surface area (Å²) in [5, 5.41) is 9.68. The maximum Gasteiger partial charge on any atom is 0.129 e. The summed E-state index contributed by atoms with van der Waals surface area (Å²) in [6, 6.07) is 11.3. The molecular weight excluding hydrogens is 222 g/mol. The SMILES string of the molecule is Cc1c(CO)cccc1-c1cccc(Cl)n1. The summed E-state index contributed by atoms with van der Waals surface area (Å²) in [6.07, 6.45) is 0. The van der Waals surface area contributed by atoms with Gasteiger partial charge in [-0.05, 0) is 30.2 Å². The van der Waals surface area contributed by atoms with Crippen LogP contribution >= 0.6 is 11.6 Å². The molecule has 0 spiro atoms. The van der Waals surface area contributed by atoms with Crippen molar-refractivity contribution in [2.45, 2.75) is 13.5 Å². The first kappa shape index (κ1) is 11.1. The molecule has 82 valence electrons. The average Bonchev–Trinajstić information content (AvgIpc) is 2.29. The van der Waals surface area contributed by atoms with E-state index in [1.807, 2.05) is 37.3 Å². The highest BCUT2D eigenvalue weighted by molar-refractivity contribution is 6.29. The molecule has 0 radical (unpaired) electrons. The summed E-state index contributed by atoms with van der Waals surface area (Å²) in [5.41, 5.74) is 3.80. The van der Waals surface area contributed by atoms with Gasteiger partial charge in [0.05, 0.1) is 12.3 Å². The molecule has 0 aliphatic heterocycles. The van der Waals surface area contributed by atoms with E-state index in [-0.39, 0.29) is 6.61 Å². The van der Waals surface area contributed by atoms with E-state index in [1.54, 1.807) is 6.07 Å². The Kier molecular flexibility index (Phi) is 3.22. The van der Waals surface area contributed by atoms with Gasteiger partial charge < -0.3 is 5.11 Å². The molecule has 0 atom stereocenters. The number of hydrogen-bond acceptors (Lipinski definition) is 2. The second-order valence-electron chi connectivity index (χ2n) is 3.59. The van der Waals surface area contributed by atoms with Gasteiger partial charge in [0.15, 0.2) is 0 Å². The van der Waals surface area contributed by atoms with E-state index in [1.165, 1.54) is 0 Å². The number of halogens is 1. The van der Waals surface area contributed by atoms with Crippen molar-refractivity contribution in [3.63, 3.8) is 0 Å². The molecule has 2 nitrogen and oxygen atoms in total. The number of hydrogen-bond donors (Lipinski definition) is 1. The third kappa shape index (κ3) is 2.08. The predicted octanol–water partition coefficient (Wildman–Crippen LogP) is 3.20. The van der Waals surface area contributed by atoms with Crippen LogP contribution in [-0.2, 0) is 6.61 Å². The first-order valence-corrected chi connectivity index (χ1v) is 5.42. The number of aromatic nitrogens is 1. The first-order chi connectivity index (χ1) is 7.72. The van der Waals surface area contributed by atoms with Crippen LogP contribution in [0.15, 0.2) is 36.4 Å². The summed E-state index contributed by atoms with van der Waals surface area (Å²) in [5.74, 6) is 0. The van der Waals surface area contributed by atoms with Gasteiger partial charge >= 0.3 is 0 Å². The first-order valence-electron chi connectivity index (χ1n) is 5.04. The Bertz CT molecular complexity index is 511. The minimum Gasteiger partial charge on any atom is -0.392 e. The van der Waals surface area contributed by atoms with Crippen LogP contribution in [0.2, 0.25) is 5.15 Å². The van der Waals surface area contributed by atoms with Crippen molar-refractivity contribution in [2.24, 2.45) is 0 Å². The number of pyridine rings is 1. The van der Waals surface area contributed by atoms with Gasteiger partial charge in [0.2, 0.25) is 0 Å². The molecule has 0 bridgehead atoms. The molecule has 0 aliphatic carbocycles. The van der Waals surface area contributed by atoms with Crippen molar-refractivity contribution in [1.82, 2.24) is 4.98 Å². The second kappa shape index (κ2) is 4.64. The molecule has 1 aromatic heterocycles. The molecule has 0 saturated heterocycles. The van der Waals surface area contributed by atoms with E-state index < -0.39 is 0 Å². The van der Waals surface area contributed by atoms with Crippen molar-refractivity contribution in [1.29, 1.82) is 0 Å². The van der Waals surface area contributed by atoms with Gasteiger partial charge in [-0.25, -0.2) is 4.98 Å². The van der Waals surface area contributed by atoms with Gasteiger partial charge in [-0.2, -0.15) is 0 Å². The number of benzene rings is 1. The maximum absolute atomic E-state index is 9.20. The van der Waals surface area contributed by atoms with Crippen LogP contribution in [0.25, 0.3) is 11.3 Å². The third-order valence-electron chi connectivity index (χ3n) is 2.61. The molecule has 0 aliphatic rings. The third-order valence-corrected chi connectivity index (χ3v) is 2.82. The van der Waals surface area contributed by atoms with Gasteiger partial charge in [-0.1, -0.05) is 35.9 Å². The minimum absolute atomic E-state index is 0.0419. The molecule has 0 unspecified atom stereocenters. The highest BCUT2D eigenvalue weighted by Gasteiger charge is 2.06. The summed E-state index contributed by atoms with van der Waals surface area (Å²) in [4.78, 5) is 4.26. The Balaban J connectivity index is 2.56. The van der Waals surface area contributed by atoms with Crippen LogP contribution in [0, 0.1) is 6.92 Å². The monoisotopic (exact) mass is 233 g/mol.